The summed E-state index contributed by atoms with van der Waals surface area (Å²) >= 11 is 3.41. The van der Waals surface area contributed by atoms with E-state index in [4.69, 9.17) is 0 Å². The van der Waals surface area contributed by atoms with Gasteiger partial charge in [0.15, 0.2) is 4.96 Å². The minimum absolute atomic E-state index is 0.834. The Hall–Kier alpha value is -1.24. The van der Waals surface area contributed by atoms with E-state index in [1.165, 1.54) is 15.4 Å². The van der Waals surface area contributed by atoms with Crippen molar-refractivity contribution in [3.8, 4) is 0 Å². The molecule has 0 amide bonds. The van der Waals surface area contributed by atoms with Crippen molar-refractivity contribution in [2.45, 2.75) is 26.9 Å². The van der Waals surface area contributed by atoms with Crippen molar-refractivity contribution >= 4 is 27.6 Å². The lowest BCUT2D eigenvalue weighted by Crippen LogP contribution is -2.13. The summed E-state index contributed by atoms with van der Waals surface area (Å²) in [6.45, 7) is 5.88. The molecule has 0 spiro atoms. The van der Waals surface area contributed by atoms with Gasteiger partial charge in [-0.3, -0.25) is 9.38 Å². The Bertz CT molecular complexity index is 651. The third-order valence-electron chi connectivity index (χ3n) is 2.82. The summed E-state index contributed by atoms with van der Waals surface area (Å²) in [5.74, 6) is 0. The molecule has 0 aliphatic carbocycles. The van der Waals surface area contributed by atoms with Crippen LogP contribution in [0.4, 0.5) is 0 Å². The average Bonchev–Trinajstić information content (AvgIpc) is 2.99. The zero-order valence-corrected chi connectivity index (χ0v) is 11.9. The Kier molecular flexibility index (Phi) is 3.15. The van der Waals surface area contributed by atoms with Gasteiger partial charge in [0.25, 0.3) is 0 Å². The van der Waals surface area contributed by atoms with Gasteiger partial charge >= 0.3 is 0 Å². The second kappa shape index (κ2) is 4.79. The van der Waals surface area contributed by atoms with E-state index in [2.05, 4.69) is 39.7 Å². The third kappa shape index (κ3) is 2.19. The summed E-state index contributed by atoms with van der Waals surface area (Å²) < 4.78 is 2.19. The highest BCUT2D eigenvalue weighted by molar-refractivity contribution is 7.17. The van der Waals surface area contributed by atoms with Crippen LogP contribution in [0.5, 0.6) is 0 Å². The predicted octanol–water partition coefficient (Wildman–Crippen LogP) is 2.76. The molecule has 0 aromatic carbocycles. The monoisotopic (exact) mass is 278 g/mol. The van der Waals surface area contributed by atoms with Crippen LogP contribution in [0.15, 0.2) is 17.9 Å². The van der Waals surface area contributed by atoms with Crippen molar-refractivity contribution in [3.63, 3.8) is 0 Å². The largest absolute Gasteiger partial charge is 0.306 e. The summed E-state index contributed by atoms with van der Waals surface area (Å²) in [5.41, 5.74) is 4.22. The fourth-order valence-electron chi connectivity index (χ4n) is 1.96. The van der Waals surface area contributed by atoms with Crippen LogP contribution in [0.2, 0.25) is 0 Å². The Morgan fingerprint density at radius 1 is 1.33 bits per heavy atom. The second-order valence-corrected chi connectivity index (χ2v) is 6.39. The van der Waals surface area contributed by atoms with Crippen LogP contribution in [0.3, 0.4) is 0 Å². The minimum Gasteiger partial charge on any atom is -0.306 e. The van der Waals surface area contributed by atoms with E-state index in [1.807, 2.05) is 11.7 Å². The highest BCUT2D eigenvalue weighted by Gasteiger charge is 2.10. The lowest BCUT2D eigenvalue weighted by atomic mass is 10.3. The number of rotatable bonds is 4. The molecule has 3 aromatic rings. The predicted molar refractivity (Wildman–Crippen MR) is 75.2 cm³/mol. The summed E-state index contributed by atoms with van der Waals surface area (Å²) in [7, 11) is 0. The smallest absolute Gasteiger partial charge is 0.194 e. The van der Waals surface area contributed by atoms with E-state index in [0.717, 1.165) is 23.7 Å². The number of hydrogen-bond donors (Lipinski definition) is 1. The Balaban J connectivity index is 1.75. The van der Waals surface area contributed by atoms with Gasteiger partial charge in [0.1, 0.15) is 0 Å². The van der Waals surface area contributed by atoms with Crippen molar-refractivity contribution in [3.05, 3.63) is 39.0 Å². The van der Waals surface area contributed by atoms with Gasteiger partial charge in [0.2, 0.25) is 0 Å². The van der Waals surface area contributed by atoms with Gasteiger partial charge in [-0.15, -0.1) is 22.7 Å². The maximum absolute atomic E-state index is 4.58. The Morgan fingerprint density at radius 3 is 3.00 bits per heavy atom. The molecule has 3 heterocycles. The van der Waals surface area contributed by atoms with Crippen LogP contribution in [0.25, 0.3) is 4.96 Å². The molecule has 0 aliphatic heterocycles. The molecule has 0 fully saturated rings. The summed E-state index contributed by atoms with van der Waals surface area (Å²) in [6, 6.07) is 0. The normalized spacial score (nSPS) is 11.4. The molecule has 0 aliphatic rings. The number of imidazole rings is 1. The first kappa shape index (κ1) is 11.8. The molecule has 0 saturated carbocycles. The van der Waals surface area contributed by atoms with Crippen molar-refractivity contribution in [2.24, 2.45) is 0 Å². The maximum Gasteiger partial charge on any atom is 0.194 e. The van der Waals surface area contributed by atoms with Gasteiger partial charge in [-0.05, 0) is 13.8 Å². The molecule has 18 heavy (non-hydrogen) atoms. The van der Waals surface area contributed by atoms with Gasteiger partial charge in [0, 0.05) is 35.2 Å². The van der Waals surface area contributed by atoms with Crippen LogP contribution >= 0.6 is 22.7 Å². The molecule has 1 N–H and O–H groups in total. The molecule has 4 nitrogen and oxygen atoms in total. The zero-order chi connectivity index (χ0) is 12.5. The summed E-state index contributed by atoms with van der Waals surface area (Å²) in [6.07, 6.45) is 4.06. The SMILES string of the molecule is Cc1cn2c(CNCc3cncs3)c(C)nc2s1. The molecular weight excluding hydrogens is 264 g/mol. The zero-order valence-electron chi connectivity index (χ0n) is 10.3. The highest BCUT2D eigenvalue weighted by Crippen LogP contribution is 2.20. The molecule has 3 rings (SSSR count). The van der Waals surface area contributed by atoms with Crippen LogP contribution < -0.4 is 5.32 Å². The first-order valence-electron chi connectivity index (χ1n) is 5.76. The van der Waals surface area contributed by atoms with E-state index in [-0.39, 0.29) is 0 Å². The van der Waals surface area contributed by atoms with E-state index in [9.17, 15) is 0 Å². The van der Waals surface area contributed by atoms with Gasteiger partial charge in [0.05, 0.1) is 16.9 Å². The maximum atomic E-state index is 4.58. The molecule has 0 saturated heterocycles. The lowest BCUT2D eigenvalue weighted by Gasteiger charge is -2.03. The second-order valence-electron chi connectivity index (χ2n) is 4.21. The van der Waals surface area contributed by atoms with E-state index >= 15 is 0 Å². The molecule has 0 radical (unpaired) electrons. The van der Waals surface area contributed by atoms with Crippen LogP contribution in [-0.2, 0) is 13.1 Å². The topological polar surface area (TPSA) is 42.2 Å². The number of aryl methyl sites for hydroxylation is 2. The van der Waals surface area contributed by atoms with Crippen LogP contribution in [0.1, 0.15) is 21.1 Å². The van der Waals surface area contributed by atoms with Crippen molar-refractivity contribution in [2.75, 3.05) is 0 Å². The molecular formula is C12H14N4S2. The number of nitrogens with zero attached hydrogens (tertiary/aromatic N) is 3. The Morgan fingerprint density at radius 2 is 2.22 bits per heavy atom. The number of thiazole rings is 2. The first-order valence-corrected chi connectivity index (χ1v) is 7.45. The van der Waals surface area contributed by atoms with Gasteiger partial charge in [-0.1, -0.05) is 0 Å². The quantitative estimate of drug-likeness (QED) is 0.798. The standard InChI is InChI=1S/C12H14N4S2/c1-8-6-16-11(9(2)15-12(16)18-8)5-13-3-10-4-14-7-17-10/h4,6-7,13H,3,5H2,1-2H3. The van der Waals surface area contributed by atoms with E-state index in [1.54, 1.807) is 22.7 Å². The van der Waals surface area contributed by atoms with E-state index < -0.39 is 0 Å². The molecule has 94 valence electrons. The fraction of sp³-hybridized carbons (Fsp3) is 0.333. The van der Waals surface area contributed by atoms with Crippen molar-refractivity contribution < 1.29 is 0 Å². The Labute approximate surface area is 113 Å². The van der Waals surface area contributed by atoms with Gasteiger partial charge < -0.3 is 5.32 Å². The summed E-state index contributed by atoms with van der Waals surface area (Å²) in [5, 5.41) is 3.45. The van der Waals surface area contributed by atoms with E-state index in [0.29, 0.717) is 0 Å². The lowest BCUT2D eigenvalue weighted by molar-refractivity contribution is 0.678. The molecule has 0 atom stereocenters. The number of fused-ring (bicyclic) bond motifs is 1. The summed E-state index contributed by atoms with van der Waals surface area (Å²) in [4.78, 5) is 12.3. The average molecular weight is 278 g/mol. The van der Waals surface area contributed by atoms with Gasteiger partial charge in [-0.2, -0.15) is 0 Å². The minimum atomic E-state index is 0.834. The molecule has 0 bridgehead atoms. The van der Waals surface area contributed by atoms with Crippen LogP contribution in [-0.4, -0.2) is 14.4 Å². The van der Waals surface area contributed by atoms with Crippen LogP contribution in [0, 0.1) is 13.8 Å². The third-order valence-corrected chi connectivity index (χ3v) is 4.49. The molecule has 6 heteroatoms. The highest BCUT2D eigenvalue weighted by atomic mass is 32.1. The number of hydrogen-bond acceptors (Lipinski definition) is 5. The fourth-order valence-corrected chi connectivity index (χ4v) is 3.41. The van der Waals surface area contributed by atoms with Gasteiger partial charge in [-0.25, -0.2) is 4.98 Å². The molecule has 0 unspecified atom stereocenters. The number of aromatic nitrogens is 3. The van der Waals surface area contributed by atoms with Crippen molar-refractivity contribution in [1.82, 2.24) is 19.7 Å². The molecule has 3 aromatic heterocycles. The van der Waals surface area contributed by atoms with Crippen molar-refractivity contribution in [1.29, 1.82) is 0 Å². The number of nitrogens with one attached hydrogen (secondary N) is 1. The first-order chi connectivity index (χ1) is 8.74.